The molecule has 0 saturated heterocycles. The molecular weight excluding hydrogens is 493 g/mol. The predicted molar refractivity (Wildman–Crippen MR) is 135 cm³/mol. The molecule has 1 amide bonds. The average molecular weight is 519 g/mol. The highest BCUT2D eigenvalue weighted by atomic mass is 35.5. The number of carboxylic acid groups (broad SMARTS) is 1. The Labute approximate surface area is 212 Å². The van der Waals surface area contributed by atoms with E-state index in [2.05, 4.69) is 10.6 Å². The van der Waals surface area contributed by atoms with Gasteiger partial charge in [0.25, 0.3) is 5.91 Å². The second-order valence-corrected chi connectivity index (χ2v) is 9.13. The molecule has 0 heterocycles. The molecule has 0 spiro atoms. The third-order valence-corrected chi connectivity index (χ3v) is 6.25. The van der Waals surface area contributed by atoms with Crippen LogP contribution in [0, 0.1) is 20.8 Å². The highest BCUT2D eigenvalue weighted by Crippen LogP contribution is 2.37. The number of alkyl halides is 3. The zero-order chi connectivity index (χ0) is 26.8. The number of benzene rings is 3. The maximum absolute atomic E-state index is 13.9. The van der Waals surface area contributed by atoms with E-state index < -0.39 is 30.1 Å². The summed E-state index contributed by atoms with van der Waals surface area (Å²) in [5.74, 6) is -1.65. The van der Waals surface area contributed by atoms with Crippen molar-refractivity contribution in [2.45, 2.75) is 46.0 Å². The summed E-state index contributed by atoms with van der Waals surface area (Å²) in [4.78, 5) is 23.7. The topological polar surface area (TPSA) is 78.4 Å². The van der Waals surface area contributed by atoms with Gasteiger partial charge in [-0.3, -0.25) is 9.59 Å². The molecule has 0 aromatic heterocycles. The van der Waals surface area contributed by atoms with Crippen molar-refractivity contribution in [2.24, 2.45) is 0 Å². The van der Waals surface area contributed by atoms with E-state index in [9.17, 15) is 22.8 Å². The molecule has 3 aromatic carbocycles. The predicted octanol–water partition coefficient (Wildman–Crippen LogP) is 6.85. The lowest BCUT2D eigenvalue weighted by molar-refractivity contribution is -0.144. The lowest BCUT2D eigenvalue weighted by Gasteiger charge is -2.24. The van der Waals surface area contributed by atoms with Crippen molar-refractivity contribution < 1.29 is 27.9 Å². The summed E-state index contributed by atoms with van der Waals surface area (Å²) in [6, 6.07) is 11.3. The van der Waals surface area contributed by atoms with Crippen LogP contribution >= 0.6 is 11.6 Å². The van der Waals surface area contributed by atoms with Gasteiger partial charge in [0.1, 0.15) is 12.1 Å². The number of carboxylic acids is 1. The highest BCUT2D eigenvalue weighted by molar-refractivity contribution is 6.31. The standard InChI is InChI=1S/C27H26ClF3N2O3/c1-14-10-19(8-9-22(14)28)24(27(29,30)31)33-21-7-5-6-18(13-21)20-11-15(2)23(16(3)12-20)25(34)32-17(4)26(35)36/h5-13,17,24,33H,1-4H3,(H,32,34)(H,35,36)/t17-,24-/m0/s1. The van der Waals surface area contributed by atoms with Crippen LogP contribution in [0.4, 0.5) is 18.9 Å². The SMILES string of the molecule is Cc1cc([C@H](Nc2cccc(-c3cc(C)c(C(=O)N[C@@H](C)C(=O)O)c(C)c3)c2)C(F)(F)F)ccc1Cl. The van der Waals surface area contributed by atoms with Gasteiger partial charge in [-0.2, -0.15) is 13.2 Å². The van der Waals surface area contributed by atoms with E-state index in [4.69, 9.17) is 16.7 Å². The number of aliphatic carboxylic acids is 1. The number of carbonyl (C=O) groups is 2. The van der Waals surface area contributed by atoms with E-state index in [1.54, 1.807) is 57.2 Å². The van der Waals surface area contributed by atoms with Gasteiger partial charge in [0, 0.05) is 16.3 Å². The smallest absolute Gasteiger partial charge is 0.412 e. The van der Waals surface area contributed by atoms with Crippen LogP contribution in [0.15, 0.2) is 54.6 Å². The summed E-state index contributed by atoms with van der Waals surface area (Å²) in [6.07, 6.45) is -4.55. The normalized spacial score (nSPS) is 13.1. The number of amides is 1. The van der Waals surface area contributed by atoms with Crippen molar-refractivity contribution in [3.05, 3.63) is 87.4 Å². The van der Waals surface area contributed by atoms with E-state index in [1.807, 2.05) is 0 Å². The molecular formula is C27H26ClF3N2O3. The first-order valence-electron chi connectivity index (χ1n) is 11.1. The molecule has 0 aliphatic rings. The zero-order valence-corrected chi connectivity index (χ0v) is 20.9. The molecule has 9 heteroatoms. The van der Waals surface area contributed by atoms with Crippen molar-refractivity contribution >= 4 is 29.2 Å². The Hall–Kier alpha value is -3.52. The number of hydrogen-bond donors (Lipinski definition) is 3. The Morgan fingerprint density at radius 1 is 0.917 bits per heavy atom. The van der Waals surface area contributed by atoms with Crippen molar-refractivity contribution in [2.75, 3.05) is 5.32 Å². The molecule has 2 atom stereocenters. The van der Waals surface area contributed by atoms with Gasteiger partial charge in [0.15, 0.2) is 0 Å². The molecule has 0 aliphatic carbocycles. The van der Waals surface area contributed by atoms with E-state index in [1.165, 1.54) is 25.1 Å². The summed E-state index contributed by atoms with van der Waals surface area (Å²) >= 11 is 5.99. The molecule has 0 saturated carbocycles. The molecule has 0 radical (unpaired) electrons. The number of halogens is 4. The molecule has 0 bridgehead atoms. The second kappa shape index (κ2) is 10.6. The minimum atomic E-state index is -4.55. The van der Waals surface area contributed by atoms with Crippen molar-refractivity contribution in [3.63, 3.8) is 0 Å². The lowest BCUT2D eigenvalue weighted by atomic mass is 9.94. The van der Waals surface area contributed by atoms with E-state index >= 15 is 0 Å². The molecule has 5 nitrogen and oxygen atoms in total. The summed E-state index contributed by atoms with van der Waals surface area (Å²) in [7, 11) is 0. The van der Waals surface area contributed by atoms with E-state index in [0.29, 0.717) is 38.4 Å². The van der Waals surface area contributed by atoms with Crippen LogP contribution in [0.1, 0.15) is 45.6 Å². The number of anilines is 1. The van der Waals surface area contributed by atoms with Gasteiger partial charge in [0.05, 0.1) is 0 Å². The van der Waals surface area contributed by atoms with Gasteiger partial charge in [-0.25, -0.2) is 0 Å². The fraction of sp³-hybridized carbons (Fsp3) is 0.259. The summed E-state index contributed by atoms with van der Waals surface area (Å²) < 4.78 is 41.8. The summed E-state index contributed by atoms with van der Waals surface area (Å²) in [6.45, 7) is 6.47. The third kappa shape index (κ3) is 6.18. The highest BCUT2D eigenvalue weighted by Gasteiger charge is 2.41. The first-order valence-corrected chi connectivity index (χ1v) is 11.5. The van der Waals surface area contributed by atoms with Gasteiger partial charge < -0.3 is 15.7 Å². The maximum atomic E-state index is 13.9. The minimum absolute atomic E-state index is 0.0486. The number of rotatable bonds is 7. The van der Waals surface area contributed by atoms with Crippen LogP contribution < -0.4 is 10.6 Å². The van der Waals surface area contributed by atoms with Crippen molar-refractivity contribution in [3.8, 4) is 11.1 Å². The van der Waals surface area contributed by atoms with Crippen LogP contribution in [-0.2, 0) is 4.79 Å². The van der Waals surface area contributed by atoms with Crippen LogP contribution in [0.3, 0.4) is 0 Å². The molecule has 190 valence electrons. The van der Waals surface area contributed by atoms with Crippen LogP contribution in [0.25, 0.3) is 11.1 Å². The Bertz CT molecular complexity index is 1280. The first kappa shape index (κ1) is 27.1. The van der Waals surface area contributed by atoms with Crippen LogP contribution in [0.2, 0.25) is 5.02 Å². The van der Waals surface area contributed by atoms with Crippen molar-refractivity contribution in [1.29, 1.82) is 0 Å². The molecule has 36 heavy (non-hydrogen) atoms. The van der Waals surface area contributed by atoms with Crippen LogP contribution in [0.5, 0.6) is 0 Å². The van der Waals surface area contributed by atoms with Gasteiger partial charge in [0.2, 0.25) is 0 Å². The largest absolute Gasteiger partial charge is 0.480 e. The monoisotopic (exact) mass is 518 g/mol. The van der Waals surface area contributed by atoms with Gasteiger partial charge in [-0.05, 0) is 79.3 Å². The fourth-order valence-corrected chi connectivity index (χ4v) is 4.09. The number of aryl methyl sites for hydroxylation is 3. The first-order chi connectivity index (χ1) is 16.8. The van der Waals surface area contributed by atoms with E-state index in [0.717, 1.165) is 0 Å². The van der Waals surface area contributed by atoms with Crippen LogP contribution in [-0.4, -0.2) is 29.2 Å². The summed E-state index contributed by atoms with van der Waals surface area (Å²) in [5.41, 5.74) is 3.82. The zero-order valence-electron chi connectivity index (χ0n) is 20.1. The Morgan fingerprint density at radius 2 is 1.56 bits per heavy atom. The van der Waals surface area contributed by atoms with Crippen molar-refractivity contribution in [1.82, 2.24) is 5.32 Å². The number of carbonyl (C=O) groups excluding carboxylic acids is 1. The minimum Gasteiger partial charge on any atom is -0.480 e. The van der Waals surface area contributed by atoms with E-state index in [-0.39, 0.29) is 11.3 Å². The van der Waals surface area contributed by atoms with Gasteiger partial charge >= 0.3 is 12.1 Å². The quantitative estimate of drug-likeness (QED) is 0.319. The molecule has 0 unspecified atom stereocenters. The molecule has 0 fully saturated rings. The molecule has 3 rings (SSSR count). The van der Waals surface area contributed by atoms with Gasteiger partial charge in [-0.1, -0.05) is 48.0 Å². The molecule has 3 N–H and O–H groups in total. The number of hydrogen-bond acceptors (Lipinski definition) is 3. The Morgan fingerprint density at radius 3 is 2.11 bits per heavy atom. The Balaban J connectivity index is 1.93. The molecule has 3 aromatic rings. The average Bonchev–Trinajstić information content (AvgIpc) is 2.78. The maximum Gasteiger partial charge on any atom is 0.412 e. The summed E-state index contributed by atoms with van der Waals surface area (Å²) in [5, 5.41) is 14.5. The Kier molecular flexibility index (Phi) is 7.99. The third-order valence-electron chi connectivity index (χ3n) is 5.83. The molecule has 0 aliphatic heterocycles. The number of nitrogens with one attached hydrogen (secondary N) is 2. The second-order valence-electron chi connectivity index (χ2n) is 8.73. The fourth-order valence-electron chi connectivity index (χ4n) is 3.98. The lowest BCUT2D eigenvalue weighted by Crippen LogP contribution is -2.38. The van der Waals surface area contributed by atoms with Gasteiger partial charge in [-0.15, -0.1) is 0 Å².